The molecule has 184 valence electrons. The van der Waals surface area contributed by atoms with Crippen LogP contribution in [0.5, 0.6) is 5.75 Å². The molecule has 5 atom stereocenters. The molecule has 0 N–H and O–H groups in total. The van der Waals surface area contributed by atoms with E-state index in [2.05, 4.69) is 0 Å². The monoisotopic (exact) mass is 472 g/mol. The highest BCUT2D eigenvalue weighted by atomic mass is 16.9. The van der Waals surface area contributed by atoms with Crippen molar-refractivity contribution in [2.45, 2.75) is 113 Å². The van der Waals surface area contributed by atoms with E-state index in [-0.39, 0.29) is 5.78 Å². The summed E-state index contributed by atoms with van der Waals surface area (Å²) in [6.45, 7) is 1.49. The molecular formula is C26H32O8. The van der Waals surface area contributed by atoms with Crippen LogP contribution in [0.3, 0.4) is 0 Å². The fourth-order valence-electron chi connectivity index (χ4n) is 6.08. The van der Waals surface area contributed by atoms with Crippen molar-refractivity contribution in [2.24, 2.45) is 0 Å². The van der Waals surface area contributed by atoms with Gasteiger partial charge < -0.3 is 28.4 Å². The van der Waals surface area contributed by atoms with Gasteiger partial charge in [-0.05, 0) is 56.9 Å². The summed E-state index contributed by atoms with van der Waals surface area (Å²) in [6.07, 6.45) is 6.39. The summed E-state index contributed by atoms with van der Waals surface area (Å²) >= 11 is 0. The number of carbonyl (C=O) groups is 2. The number of fused-ring (bicyclic) bond motifs is 3. The first-order valence-electron chi connectivity index (χ1n) is 12.7. The predicted octanol–water partition coefficient (Wildman–Crippen LogP) is 4.04. The topological polar surface area (TPSA) is 89.5 Å². The molecule has 1 aromatic rings. The van der Waals surface area contributed by atoms with Gasteiger partial charge in [0.15, 0.2) is 29.8 Å². The first kappa shape index (κ1) is 22.6. The van der Waals surface area contributed by atoms with E-state index in [1.165, 1.54) is 6.92 Å². The van der Waals surface area contributed by atoms with Gasteiger partial charge in [0.1, 0.15) is 24.1 Å². The van der Waals surface area contributed by atoms with Crippen molar-refractivity contribution in [2.75, 3.05) is 0 Å². The number of Topliss-reactive ketones (excluding diaryl/α,β-unsaturated/α-hetero) is 1. The maximum atomic E-state index is 13.3. The van der Waals surface area contributed by atoms with Crippen LogP contribution in [0.25, 0.3) is 0 Å². The van der Waals surface area contributed by atoms with E-state index < -0.39 is 48.2 Å². The molecule has 2 saturated carbocycles. The lowest BCUT2D eigenvalue weighted by Gasteiger charge is -2.35. The van der Waals surface area contributed by atoms with Crippen LogP contribution in [-0.2, 0) is 28.5 Å². The van der Waals surface area contributed by atoms with Crippen LogP contribution in [0.2, 0.25) is 0 Å². The Kier molecular flexibility index (Phi) is 5.77. The summed E-state index contributed by atoms with van der Waals surface area (Å²) in [6, 6.07) is 6.49. The summed E-state index contributed by atoms with van der Waals surface area (Å²) in [4.78, 5) is 24.9. The second-order valence-corrected chi connectivity index (χ2v) is 10.2. The van der Waals surface area contributed by atoms with Crippen LogP contribution in [0.1, 0.15) is 81.5 Å². The van der Waals surface area contributed by atoms with Crippen LogP contribution in [-0.4, -0.2) is 54.0 Å². The summed E-state index contributed by atoms with van der Waals surface area (Å²) in [5, 5.41) is 0. The van der Waals surface area contributed by atoms with Gasteiger partial charge in [0, 0.05) is 31.2 Å². The predicted molar refractivity (Wildman–Crippen MR) is 118 cm³/mol. The maximum absolute atomic E-state index is 13.3. The van der Waals surface area contributed by atoms with Gasteiger partial charge in [-0.2, -0.15) is 0 Å². The second-order valence-electron chi connectivity index (χ2n) is 10.2. The minimum absolute atomic E-state index is 0.0494. The Morgan fingerprint density at radius 2 is 1.32 bits per heavy atom. The van der Waals surface area contributed by atoms with Crippen molar-refractivity contribution in [1.29, 1.82) is 0 Å². The number of rotatable bonds is 3. The van der Waals surface area contributed by atoms with Crippen molar-refractivity contribution < 1.29 is 38.0 Å². The van der Waals surface area contributed by atoms with E-state index in [9.17, 15) is 9.59 Å². The van der Waals surface area contributed by atoms with Gasteiger partial charge >= 0.3 is 5.97 Å². The lowest BCUT2D eigenvalue weighted by Crippen LogP contribution is -2.58. The zero-order chi connectivity index (χ0) is 23.3. The molecule has 8 nitrogen and oxygen atoms in total. The number of ether oxygens (including phenoxy) is 6. The van der Waals surface area contributed by atoms with E-state index in [0.29, 0.717) is 11.3 Å². The molecule has 0 aromatic heterocycles. The van der Waals surface area contributed by atoms with Crippen molar-refractivity contribution in [3.63, 3.8) is 0 Å². The normalized spacial score (nSPS) is 35.6. The minimum Gasteiger partial charge on any atom is -0.425 e. The van der Waals surface area contributed by atoms with Gasteiger partial charge in [0.05, 0.1) is 0 Å². The second kappa shape index (κ2) is 8.68. The first-order chi connectivity index (χ1) is 16.5. The van der Waals surface area contributed by atoms with E-state index >= 15 is 0 Å². The number of carbonyl (C=O) groups excluding carboxylic acids is 2. The van der Waals surface area contributed by atoms with E-state index in [1.807, 2.05) is 0 Å². The number of ketones is 1. The zero-order valence-corrected chi connectivity index (χ0v) is 19.5. The molecule has 2 aliphatic carbocycles. The van der Waals surface area contributed by atoms with E-state index in [4.69, 9.17) is 28.4 Å². The largest absolute Gasteiger partial charge is 0.425 e. The maximum Gasteiger partial charge on any atom is 0.343 e. The fourth-order valence-corrected chi connectivity index (χ4v) is 6.08. The van der Waals surface area contributed by atoms with Crippen LogP contribution < -0.4 is 4.74 Å². The summed E-state index contributed by atoms with van der Waals surface area (Å²) in [5.74, 6) is -1.65. The van der Waals surface area contributed by atoms with E-state index in [0.717, 1.165) is 64.2 Å². The Morgan fingerprint density at radius 1 is 0.765 bits per heavy atom. The molecule has 0 amide bonds. The molecule has 3 saturated heterocycles. The third-order valence-corrected chi connectivity index (χ3v) is 7.82. The van der Waals surface area contributed by atoms with Crippen molar-refractivity contribution in [3.8, 4) is 5.75 Å². The molecule has 5 fully saturated rings. The average molecular weight is 473 g/mol. The number of esters is 1. The zero-order valence-electron chi connectivity index (χ0n) is 19.5. The lowest BCUT2D eigenvalue weighted by atomic mass is 9.94. The van der Waals surface area contributed by atoms with Gasteiger partial charge in [-0.15, -0.1) is 0 Å². The Balaban J connectivity index is 1.25. The van der Waals surface area contributed by atoms with Crippen LogP contribution >= 0.6 is 0 Å². The molecule has 3 aliphatic heterocycles. The van der Waals surface area contributed by atoms with Crippen LogP contribution in [0, 0.1) is 0 Å². The van der Waals surface area contributed by atoms with Crippen molar-refractivity contribution >= 4 is 11.8 Å². The molecule has 5 aliphatic rings. The van der Waals surface area contributed by atoms with Crippen LogP contribution in [0.15, 0.2) is 24.3 Å². The molecule has 2 spiro atoms. The third-order valence-electron chi connectivity index (χ3n) is 7.82. The third kappa shape index (κ3) is 3.99. The van der Waals surface area contributed by atoms with E-state index in [1.54, 1.807) is 24.3 Å². The van der Waals surface area contributed by atoms with Crippen LogP contribution in [0.4, 0.5) is 0 Å². The highest BCUT2D eigenvalue weighted by Gasteiger charge is 2.65. The molecule has 0 radical (unpaired) electrons. The molecule has 1 aromatic carbocycles. The number of hydrogen-bond donors (Lipinski definition) is 0. The fraction of sp³-hybridized carbons (Fsp3) is 0.692. The summed E-state index contributed by atoms with van der Waals surface area (Å²) in [7, 11) is 0. The molecule has 6 rings (SSSR count). The van der Waals surface area contributed by atoms with Gasteiger partial charge in [-0.25, -0.2) is 4.79 Å². The SMILES string of the molecule is CC(=O)c1ccc(OC(=O)C2OC3OC4(CCCCC4)OC3C3OC4(CCCCC4)OC23)cc1. The standard InChI is InChI=1S/C26H32O8/c1-16(27)17-8-10-18(11-9-17)29-23(28)21-19-20(32-25(31-19)12-4-2-5-13-25)22-24(30-21)34-26(33-22)14-6-3-7-15-26/h8-11,19-22,24H,2-7,12-15H2,1H3. The molecule has 5 unspecified atom stereocenters. The van der Waals surface area contributed by atoms with Gasteiger partial charge in [-0.1, -0.05) is 12.8 Å². The Hall–Kier alpha value is -1.84. The van der Waals surface area contributed by atoms with Crippen molar-refractivity contribution in [1.82, 2.24) is 0 Å². The molecular weight excluding hydrogens is 440 g/mol. The molecule has 3 heterocycles. The molecule has 0 bridgehead atoms. The highest BCUT2D eigenvalue weighted by Crippen LogP contribution is 2.51. The average Bonchev–Trinajstić information content (AvgIpc) is 3.37. The Morgan fingerprint density at radius 3 is 1.94 bits per heavy atom. The first-order valence-corrected chi connectivity index (χ1v) is 12.7. The number of benzene rings is 1. The van der Waals surface area contributed by atoms with Gasteiger partial charge in [-0.3, -0.25) is 4.79 Å². The van der Waals surface area contributed by atoms with Gasteiger partial charge in [0.2, 0.25) is 0 Å². The highest BCUT2D eigenvalue weighted by molar-refractivity contribution is 5.94. The smallest absolute Gasteiger partial charge is 0.343 e. The summed E-state index contributed by atoms with van der Waals surface area (Å²) in [5.41, 5.74) is 0.553. The minimum atomic E-state index is -0.998. The molecule has 34 heavy (non-hydrogen) atoms. The summed E-state index contributed by atoms with van der Waals surface area (Å²) < 4.78 is 37.7. The van der Waals surface area contributed by atoms with Crippen molar-refractivity contribution in [3.05, 3.63) is 29.8 Å². The lowest BCUT2D eigenvalue weighted by molar-refractivity contribution is -0.250. The number of hydrogen-bond acceptors (Lipinski definition) is 8. The molecule has 8 heteroatoms. The Labute approximate surface area is 199 Å². The quantitative estimate of drug-likeness (QED) is 0.370. The Bertz CT molecular complexity index is 931. The van der Waals surface area contributed by atoms with Gasteiger partial charge in [0.25, 0.3) is 0 Å².